The molecule has 0 fully saturated rings. The van der Waals surface area contributed by atoms with Crippen molar-refractivity contribution in [3.8, 4) is 0 Å². The zero-order chi connectivity index (χ0) is 74.9. The Morgan fingerprint density at radius 1 is 0.275 bits per heavy atom. The summed E-state index contributed by atoms with van der Waals surface area (Å²) in [7, 11) is -8.35. The second-order valence-corrected chi connectivity index (χ2v) is 32.8. The Morgan fingerprint density at radius 3 is 0.735 bits per heavy atom. The molecule has 0 radical (unpaired) electrons. The van der Waals surface area contributed by atoms with E-state index < -0.39 is 51.8 Å². The molecule has 20 heteroatoms. The molecule has 0 aliphatic carbocycles. The molecule has 6 atom stereocenters. The minimum atomic E-state index is -4.66. The highest BCUT2D eigenvalue weighted by Crippen LogP contribution is 2.44. The average Bonchev–Trinajstić information content (AvgIpc) is 0.895. The molecule has 0 saturated heterocycles. The van der Waals surface area contributed by atoms with Crippen LogP contribution in [0, 0.1) is 0 Å². The Balaban J connectivity index is 5.78. The number of carbonyl (C=O) groups excluding carboxylic acids is 5. The van der Waals surface area contributed by atoms with E-state index in [1.165, 1.54) is 186 Å². The van der Waals surface area contributed by atoms with E-state index in [2.05, 4.69) is 52.2 Å². The van der Waals surface area contributed by atoms with Crippen LogP contribution in [-0.4, -0.2) is 105 Å². The molecule has 2 amide bonds. The molecule has 0 heterocycles. The molecule has 0 aliphatic rings. The van der Waals surface area contributed by atoms with Gasteiger partial charge in [0.05, 0.1) is 26.4 Å². The summed E-state index contributed by atoms with van der Waals surface area (Å²) < 4.78 is 73.7. The predicted molar refractivity (Wildman–Crippen MR) is 419 cm³/mol. The van der Waals surface area contributed by atoms with Crippen LogP contribution in [0.5, 0.6) is 0 Å². The Labute approximate surface area is 625 Å². The maximum absolute atomic E-state index is 13.6. The highest BCUT2D eigenvalue weighted by molar-refractivity contribution is 7.53. The zero-order valence-corrected chi connectivity index (χ0v) is 68.7. The van der Waals surface area contributed by atoms with Gasteiger partial charge >= 0.3 is 45.3 Å². The van der Waals surface area contributed by atoms with E-state index in [0.717, 1.165) is 135 Å². The lowest BCUT2D eigenvalue weighted by Crippen LogP contribution is -2.38. The van der Waals surface area contributed by atoms with Crippen LogP contribution in [0.15, 0.2) is 0 Å². The summed E-state index contributed by atoms with van der Waals surface area (Å²) in [4.78, 5) is 77.6. The van der Waals surface area contributed by atoms with Crippen molar-refractivity contribution >= 4 is 45.3 Å². The van der Waals surface area contributed by atoms with Crippen molar-refractivity contribution in [1.29, 1.82) is 0 Å². The highest BCUT2D eigenvalue weighted by atomic mass is 31.2. The molecule has 18 nitrogen and oxygen atoms in total. The van der Waals surface area contributed by atoms with E-state index >= 15 is 0 Å². The summed E-state index contributed by atoms with van der Waals surface area (Å²) in [6, 6.07) is -0.633. The first-order valence-corrected chi connectivity index (χ1v) is 46.3. The van der Waals surface area contributed by atoms with Crippen LogP contribution in [0.4, 0.5) is 4.79 Å². The quantitative estimate of drug-likeness (QED) is 0.0222. The lowest BCUT2D eigenvalue weighted by Gasteiger charge is -2.28. The lowest BCUT2D eigenvalue weighted by atomic mass is 10.0. The first-order chi connectivity index (χ1) is 49.6. The van der Waals surface area contributed by atoms with Crippen LogP contribution in [0.2, 0.25) is 0 Å². The molecule has 6 unspecified atom stereocenters. The number of unbranched alkanes of at least 4 members (excludes halogenated alkanes) is 46. The smallest absolute Gasteiger partial charge is 0.458 e. The topological polar surface area (TPSA) is 238 Å². The minimum Gasteiger partial charge on any atom is -0.458 e. The van der Waals surface area contributed by atoms with Crippen LogP contribution >= 0.6 is 15.4 Å². The molecule has 3 N–H and O–H groups in total. The van der Waals surface area contributed by atoms with Crippen LogP contribution in [0.1, 0.15) is 427 Å². The normalized spacial score (nSPS) is 14.0. The second-order valence-electron chi connectivity index (χ2n) is 29.3. The van der Waals surface area contributed by atoms with E-state index in [1.54, 1.807) is 0 Å². The van der Waals surface area contributed by atoms with E-state index in [-0.39, 0.29) is 89.5 Å². The van der Waals surface area contributed by atoms with Crippen LogP contribution < -0.4 is 10.6 Å². The Bertz CT molecular complexity index is 1890. The number of hydrogen-bond donors (Lipinski definition) is 3. The van der Waals surface area contributed by atoms with E-state index in [4.69, 9.17) is 37.0 Å². The summed E-state index contributed by atoms with van der Waals surface area (Å²) in [5.74, 6) is -1.39. The van der Waals surface area contributed by atoms with Gasteiger partial charge in [0.2, 0.25) is 0 Å². The van der Waals surface area contributed by atoms with Gasteiger partial charge in [-0.15, -0.1) is 0 Å². The Kier molecular flexibility index (Phi) is 72.0. The molecule has 604 valence electrons. The number of carbonyl (C=O) groups is 5. The number of nitrogens with one attached hydrogen (secondary N) is 2. The minimum absolute atomic E-state index is 0.00518. The summed E-state index contributed by atoms with van der Waals surface area (Å²) in [6.45, 7) is 13.4. The monoisotopic (exact) mass is 1490 g/mol. The first kappa shape index (κ1) is 99.4. The number of rotatable bonds is 80. The highest BCUT2D eigenvalue weighted by Gasteiger charge is 2.32. The fraction of sp³-hybridized carbons (Fsp3) is 0.939. The SMILES string of the molecule is CCCCCCCCCCCCC(=O)OC(CCOP(C)(=O)OCCNC(=O)NCCOP(=O)(O)OCCC(OC(=O)CCCCCCCCCCCC)C(CCCCCCCCCC)OC(=O)CCCCCCCCCC)C(CCCCCCCCCC)OC(=O)CCCCCCCCCC. The van der Waals surface area contributed by atoms with Crippen LogP contribution in [0.25, 0.3) is 0 Å². The zero-order valence-electron chi connectivity index (χ0n) is 66.9. The van der Waals surface area contributed by atoms with Gasteiger partial charge in [0.15, 0.2) is 0 Å². The van der Waals surface area contributed by atoms with Crippen molar-refractivity contribution in [2.45, 2.75) is 451 Å². The maximum atomic E-state index is 13.6. The van der Waals surface area contributed by atoms with Gasteiger partial charge in [0.25, 0.3) is 0 Å². The molecule has 0 spiro atoms. The molecule has 0 aliphatic heterocycles. The molecule has 0 aromatic heterocycles. The van der Waals surface area contributed by atoms with Gasteiger partial charge in [0.1, 0.15) is 24.4 Å². The molecule has 102 heavy (non-hydrogen) atoms. The van der Waals surface area contributed by atoms with Crippen molar-refractivity contribution in [2.75, 3.05) is 46.2 Å². The maximum Gasteiger partial charge on any atom is 0.472 e. The van der Waals surface area contributed by atoms with Crippen molar-refractivity contribution in [1.82, 2.24) is 10.6 Å². The summed E-state index contributed by atoms with van der Waals surface area (Å²) in [5.41, 5.74) is 0. The van der Waals surface area contributed by atoms with Gasteiger partial charge in [-0.3, -0.25) is 32.8 Å². The number of urea groups is 1. The predicted octanol–water partition coefficient (Wildman–Crippen LogP) is 24.4. The van der Waals surface area contributed by atoms with Gasteiger partial charge in [-0.1, -0.05) is 337 Å². The van der Waals surface area contributed by atoms with Crippen molar-refractivity contribution in [2.24, 2.45) is 0 Å². The molecular formula is C82H160N2O16P2. The standard InChI is InChI=1S/C82H160N2O16P2/c1-8-14-20-26-32-38-40-46-52-58-64-80(87)99-76(74(60-54-48-42-34-28-22-16-10-3)97-78(85)62-56-50-44-36-30-24-18-12-5)66-70-93-101(7,90)94-72-68-83-82(89)84-69-73-96-102(91,92)95-71-67-77(100-81(88)65-59-53-47-41-39-33-27-21-15-9-2)75(61-55-49-43-35-29-23-17-11-4)98-79(86)63-57-51-45-37-31-25-19-13-6/h74-77H,8-73H2,1-7H3,(H,91,92)(H2,83,84,89). The third-order valence-corrected chi connectivity index (χ3v) is 21.6. The van der Waals surface area contributed by atoms with Crippen LogP contribution in [0.3, 0.4) is 0 Å². The Morgan fingerprint density at radius 2 is 0.471 bits per heavy atom. The molecule has 0 aromatic rings. The van der Waals surface area contributed by atoms with Gasteiger partial charge < -0.3 is 43.5 Å². The molecule has 0 saturated carbocycles. The van der Waals surface area contributed by atoms with Crippen molar-refractivity contribution in [3.63, 3.8) is 0 Å². The second kappa shape index (κ2) is 73.9. The van der Waals surface area contributed by atoms with Crippen molar-refractivity contribution in [3.05, 3.63) is 0 Å². The summed E-state index contributed by atoms with van der Waals surface area (Å²) in [6.07, 6.45) is 56.7. The fourth-order valence-corrected chi connectivity index (χ4v) is 14.6. The number of esters is 4. The molecule has 0 aromatic carbocycles. The number of ether oxygens (including phenoxy) is 4. The van der Waals surface area contributed by atoms with Gasteiger partial charge in [0, 0.05) is 58.3 Å². The van der Waals surface area contributed by atoms with Crippen molar-refractivity contribution < 1.29 is 75.0 Å². The van der Waals surface area contributed by atoms with Gasteiger partial charge in [-0.2, -0.15) is 0 Å². The number of phosphoric acid groups is 1. The van der Waals surface area contributed by atoms with Gasteiger partial charge in [-0.05, 0) is 51.4 Å². The summed E-state index contributed by atoms with van der Waals surface area (Å²) in [5, 5.41) is 5.18. The molecule has 0 bridgehead atoms. The average molecular weight is 1490 g/mol. The molecule has 0 rings (SSSR count). The van der Waals surface area contributed by atoms with E-state index in [9.17, 15) is 38.0 Å². The van der Waals surface area contributed by atoms with Crippen LogP contribution in [-0.2, 0) is 65.4 Å². The van der Waals surface area contributed by atoms with E-state index in [1.807, 2.05) is 0 Å². The lowest BCUT2D eigenvalue weighted by molar-refractivity contribution is -0.170. The fourth-order valence-electron chi connectivity index (χ4n) is 12.9. The third kappa shape index (κ3) is 68.0. The number of phosphoric ester groups is 1. The Hall–Kier alpha value is -2.59. The third-order valence-electron chi connectivity index (χ3n) is 19.3. The largest absolute Gasteiger partial charge is 0.472 e. The number of hydrogen-bond acceptors (Lipinski definition) is 15. The molecular weight excluding hydrogens is 1330 g/mol. The summed E-state index contributed by atoms with van der Waals surface area (Å²) >= 11 is 0. The van der Waals surface area contributed by atoms with E-state index in [0.29, 0.717) is 38.5 Å². The number of amides is 2. The van der Waals surface area contributed by atoms with Gasteiger partial charge in [-0.25, -0.2) is 9.36 Å². The first-order valence-electron chi connectivity index (χ1n) is 42.8.